The fourth-order valence-electron chi connectivity index (χ4n) is 2.72. The predicted octanol–water partition coefficient (Wildman–Crippen LogP) is 3.42. The lowest BCUT2D eigenvalue weighted by molar-refractivity contribution is -0.129. The maximum atomic E-state index is 12.9. The van der Waals surface area contributed by atoms with Crippen molar-refractivity contribution in [1.29, 1.82) is 0 Å². The largest absolute Gasteiger partial charge is 0.465 e. The number of esters is 1. The van der Waals surface area contributed by atoms with Crippen LogP contribution in [0.25, 0.3) is 0 Å². The van der Waals surface area contributed by atoms with E-state index in [9.17, 15) is 18.4 Å². The number of ether oxygens (including phenoxy) is 1. The number of amides is 1. The average molecular weight is 459 g/mol. The molecule has 2 atom stereocenters. The van der Waals surface area contributed by atoms with Gasteiger partial charge in [-0.15, -0.1) is 0 Å². The van der Waals surface area contributed by atoms with Crippen molar-refractivity contribution < 1.29 is 23.1 Å². The van der Waals surface area contributed by atoms with E-state index in [1.165, 1.54) is 36.3 Å². The summed E-state index contributed by atoms with van der Waals surface area (Å²) < 4.78 is 27.9. The van der Waals surface area contributed by atoms with E-state index >= 15 is 0 Å². The minimum Gasteiger partial charge on any atom is -0.465 e. The van der Waals surface area contributed by atoms with Crippen LogP contribution in [-0.4, -0.2) is 52.8 Å². The molecule has 0 aromatic heterocycles. The number of hydrogen-bond acceptors (Lipinski definition) is 4. The van der Waals surface area contributed by atoms with Crippen LogP contribution < -0.4 is 4.31 Å². The van der Waals surface area contributed by atoms with Crippen molar-refractivity contribution in [3.63, 3.8) is 0 Å². The first kappa shape index (κ1) is 23.2. The van der Waals surface area contributed by atoms with Crippen LogP contribution in [0.1, 0.15) is 15.9 Å². The molecule has 1 amide bonds. The first-order valence-corrected chi connectivity index (χ1v) is 10.2. The van der Waals surface area contributed by atoms with Gasteiger partial charge in [0.2, 0.25) is 5.91 Å². The molecule has 0 radical (unpaired) electrons. The summed E-state index contributed by atoms with van der Waals surface area (Å²) in [6.07, 6.45) is 0.0431. The molecule has 1 N–H and O–H groups in total. The molecule has 0 saturated heterocycles. The van der Waals surface area contributed by atoms with Gasteiger partial charge in [-0.05, 0) is 35.9 Å². The van der Waals surface area contributed by atoms with E-state index in [0.717, 1.165) is 4.31 Å². The van der Waals surface area contributed by atoms with Crippen LogP contribution in [0, 0.1) is 0 Å². The van der Waals surface area contributed by atoms with Crippen molar-refractivity contribution in [2.75, 3.05) is 25.5 Å². The van der Waals surface area contributed by atoms with Gasteiger partial charge in [0.15, 0.2) is 0 Å². The zero-order valence-corrected chi connectivity index (χ0v) is 18.3. The molecule has 2 unspecified atom stereocenters. The summed E-state index contributed by atoms with van der Waals surface area (Å²) in [4.78, 5) is 25.8. The number of anilines is 1. The summed E-state index contributed by atoms with van der Waals surface area (Å²) in [7, 11) is 4.35. The minimum absolute atomic E-state index is 0.0431. The first-order chi connectivity index (χ1) is 13.7. The Hall–Kier alpha value is -2.13. The standard InChI is InChI=1S/C19H20Cl2N2O5S/c1-22(2)18(24)16(11-13-5-4-6-15(20)17(13)21)23(29(26)27)14-9-7-12(8-10-14)19(25)28-3/h4-10,16H,11H2,1-3H3,(H,26,27). The van der Waals surface area contributed by atoms with Gasteiger partial charge < -0.3 is 9.64 Å². The molecule has 2 aromatic rings. The van der Waals surface area contributed by atoms with Crippen LogP contribution in [-0.2, 0) is 27.2 Å². The molecule has 0 bridgehead atoms. The third-order valence-corrected chi connectivity index (χ3v) is 5.82. The van der Waals surface area contributed by atoms with Crippen molar-refractivity contribution in [2.24, 2.45) is 0 Å². The van der Waals surface area contributed by atoms with Gasteiger partial charge in [0.1, 0.15) is 6.04 Å². The fraction of sp³-hybridized carbons (Fsp3) is 0.263. The number of nitrogens with zero attached hydrogens (tertiary/aromatic N) is 2. The number of methoxy groups -OCH3 is 1. The molecule has 7 nitrogen and oxygen atoms in total. The third kappa shape index (κ3) is 5.48. The molecule has 0 aliphatic rings. The Morgan fingerprint density at radius 3 is 2.28 bits per heavy atom. The van der Waals surface area contributed by atoms with E-state index in [2.05, 4.69) is 4.74 Å². The summed E-state index contributed by atoms with van der Waals surface area (Å²) >= 11 is 9.79. The van der Waals surface area contributed by atoms with Gasteiger partial charge in [0.25, 0.3) is 11.3 Å². The quantitative estimate of drug-likeness (QED) is 0.507. The van der Waals surface area contributed by atoms with Gasteiger partial charge in [-0.3, -0.25) is 13.7 Å². The lowest BCUT2D eigenvalue weighted by Crippen LogP contribution is -2.48. The SMILES string of the molecule is COC(=O)c1ccc(N(C(Cc2cccc(Cl)c2Cl)C(=O)N(C)C)S(=O)O)cc1. The van der Waals surface area contributed by atoms with E-state index in [-0.39, 0.29) is 22.7 Å². The molecular formula is C19H20Cl2N2O5S. The van der Waals surface area contributed by atoms with Gasteiger partial charge in [-0.1, -0.05) is 35.3 Å². The maximum Gasteiger partial charge on any atom is 0.337 e. The highest BCUT2D eigenvalue weighted by atomic mass is 35.5. The Bertz CT molecular complexity index is 921. The number of carbonyl (C=O) groups is 2. The summed E-state index contributed by atoms with van der Waals surface area (Å²) in [6, 6.07) is 9.79. The molecule has 156 valence electrons. The molecule has 10 heteroatoms. The van der Waals surface area contributed by atoms with Gasteiger partial charge in [0, 0.05) is 20.5 Å². The van der Waals surface area contributed by atoms with E-state index in [1.807, 2.05) is 0 Å². The van der Waals surface area contributed by atoms with Crippen molar-refractivity contribution in [1.82, 2.24) is 4.90 Å². The third-order valence-electron chi connectivity index (χ3n) is 4.16. The number of halogens is 2. The van der Waals surface area contributed by atoms with Crippen molar-refractivity contribution in [3.8, 4) is 0 Å². The van der Waals surface area contributed by atoms with Crippen molar-refractivity contribution in [2.45, 2.75) is 12.5 Å². The summed E-state index contributed by atoms with van der Waals surface area (Å²) in [6.45, 7) is 0. The Morgan fingerprint density at radius 1 is 1.14 bits per heavy atom. The molecular weight excluding hydrogens is 439 g/mol. The topological polar surface area (TPSA) is 87.2 Å². The van der Waals surface area contributed by atoms with Crippen molar-refractivity contribution in [3.05, 3.63) is 63.6 Å². The number of carbonyl (C=O) groups excluding carboxylic acids is 2. The lowest BCUT2D eigenvalue weighted by atomic mass is 10.0. The molecule has 2 rings (SSSR count). The maximum absolute atomic E-state index is 12.9. The number of likely N-dealkylation sites (N-methyl/N-ethyl adjacent to an activating group) is 1. The Balaban J connectivity index is 2.49. The highest BCUT2D eigenvalue weighted by molar-refractivity contribution is 7.80. The number of hydrogen-bond donors (Lipinski definition) is 1. The molecule has 29 heavy (non-hydrogen) atoms. The van der Waals surface area contributed by atoms with Gasteiger partial charge in [0.05, 0.1) is 28.4 Å². The summed E-state index contributed by atoms with van der Waals surface area (Å²) in [5.74, 6) is -0.944. The zero-order chi connectivity index (χ0) is 21.7. The average Bonchev–Trinajstić information content (AvgIpc) is 2.69. The van der Waals surface area contributed by atoms with Gasteiger partial charge >= 0.3 is 5.97 Å². The fourth-order valence-corrected chi connectivity index (χ4v) is 3.81. The van der Waals surface area contributed by atoms with E-state index in [1.54, 1.807) is 32.3 Å². The molecule has 0 aliphatic heterocycles. The Morgan fingerprint density at radius 2 is 1.76 bits per heavy atom. The first-order valence-electron chi connectivity index (χ1n) is 8.40. The second-order valence-corrected chi connectivity index (χ2v) is 7.90. The molecule has 0 spiro atoms. The number of benzene rings is 2. The normalized spacial score (nSPS) is 12.8. The Kier molecular flexibility index (Phi) is 8.04. The highest BCUT2D eigenvalue weighted by Crippen LogP contribution is 2.29. The Labute approximate surface area is 181 Å². The van der Waals surface area contributed by atoms with Gasteiger partial charge in [-0.2, -0.15) is 0 Å². The molecule has 0 aliphatic carbocycles. The van der Waals surface area contributed by atoms with Crippen LogP contribution in [0.2, 0.25) is 10.0 Å². The zero-order valence-electron chi connectivity index (χ0n) is 16.0. The lowest BCUT2D eigenvalue weighted by Gasteiger charge is -2.31. The predicted molar refractivity (Wildman–Crippen MR) is 114 cm³/mol. The molecule has 0 heterocycles. The van der Waals surface area contributed by atoms with Crippen LogP contribution in [0.4, 0.5) is 5.69 Å². The van der Waals surface area contributed by atoms with Crippen LogP contribution in [0.5, 0.6) is 0 Å². The molecule has 0 fully saturated rings. The van der Waals surface area contributed by atoms with Crippen LogP contribution in [0.15, 0.2) is 42.5 Å². The second kappa shape index (κ2) is 10.1. The smallest absolute Gasteiger partial charge is 0.337 e. The van der Waals surface area contributed by atoms with Gasteiger partial charge in [-0.25, -0.2) is 9.00 Å². The monoisotopic (exact) mass is 458 g/mol. The number of rotatable bonds is 7. The molecule has 2 aromatic carbocycles. The summed E-state index contributed by atoms with van der Waals surface area (Å²) in [5, 5.41) is 0.592. The van der Waals surface area contributed by atoms with E-state index < -0.39 is 29.2 Å². The van der Waals surface area contributed by atoms with Crippen LogP contribution in [0.3, 0.4) is 0 Å². The van der Waals surface area contributed by atoms with E-state index in [4.69, 9.17) is 23.2 Å². The highest BCUT2D eigenvalue weighted by Gasteiger charge is 2.32. The molecule has 0 saturated carbocycles. The second-order valence-electron chi connectivity index (χ2n) is 6.26. The summed E-state index contributed by atoms with van der Waals surface area (Å²) in [5.41, 5.74) is 1.10. The minimum atomic E-state index is -2.53. The van der Waals surface area contributed by atoms with E-state index in [0.29, 0.717) is 10.6 Å². The van der Waals surface area contributed by atoms with Crippen molar-refractivity contribution >= 4 is 52.0 Å². The van der Waals surface area contributed by atoms with Crippen LogP contribution >= 0.6 is 23.2 Å².